The molecule has 0 amide bonds. The van der Waals surface area contributed by atoms with Crippen molar-refractivity contribution in [2.24, 2.45) is 7.05 Å². The van der Waals surface area contributed by atoms with Crippen LogP contribution in [-0.4, -0.2) is 62.3 Å². The number of piperazine rings is 1. The Bertz CT molecular complexity index is 1140. The molecule has 0 unspecified atom stereocenters. The van der Waals surface area contributed by atoms with Crippen LogP contribution in [0.15, 0.2) is 55.2 Å². The van der Waals surface area contributed by atoms with Crippen molar-refractivity contribution in [3.63, 3.8) is 0 Å². The fourth-order valence-corrected chi connectivity index (χ4v) is 4.00. The summed E-state index contributed by atoms with van der Waals surface area (Å²) < 4.78 is 9.15. The van der Waals surface area contributed by atoms with E-state index >= 15 is 0 Å². The summed E-state index contributed by atoms with van der Waals surface area (Å²) in [5.74, 6) is 1.84. The zero-order valence-corrected chi connectivity index (χ0v) is 17.3. The Labute approximate surface area is 175 Å². The minimum Gasteiger partial charge on any atom is -0.497 e. The summed E-state index contributed by atoms with van der Waals surface area (Å²) in [4.78, 5) is 14.1. The molecule has 0 radical (unpaired) electrons. The lowest BCUT2D eigenvalue weighted by molar-refractivity contribution is 0.249. The van der Waals surface area contributed by atoms with Gasteiger partial charge in [-0.3, -0.25) is 14.0 Å². The van der Waals surface area contributed by atoms with Crippen LogP contribution in [-0.2, 0) is 13.6 Å². The molecule has 8 nitrogen and oxygen atoms in total. The summed E-state index contributed by atoms with van der Waals surface area (Å²) in [7, 11) is 3.62. The first-order valence-electron chi connectivity index (χ1n) is 10.1. The maximum absolute atomic E-state index is 5.25. The quantitative estimate of drug-likeness (QED) is 0.510. The van der Waals surface area contributed by atoms with E-state index < -0.39 is 0 Å². The molecule has 4 heterocycles. The Morgan fingerprint density at radius 3 is 2.50 bits per heavy atom. The third-order valence-electron chi connectivity index (χ3n) is 5.65. The van der Waals surface area contributed by atoms with Gasteiger partial charge in [0.15, 0.2) is 11.5 Å². The first-order chi connectivity index (χ1) is 14.7. The molecule has 4 aromatic rings. The molecular formula is C22H25N7O. The molecular weight excluding hydrogens is 378 g/mol. The maximum Gasteiger partial charge on any atom is 0.180 e. The maximum atomic E-state index is 5.25. The lowest BCUT2D eigenvalue weighted by Gasteiger charge is -2.35. The number of aromatic nitrogens is 5. The molecule has 1 aliphatic heterocycles. The van der Waals surface area contributed by atoms with Gasteiger partial charge in [-0.05, 0) is 17.7 Å². The number of hydrogen-bond acceptors (Lipinski definition) is 6. The highest BCUT2D eigenvalue weighted by Crippen LogP contribution is 2.25. The normalized spacial score (nSPS) is 15.1. The molecule has 0 bridgehead atoms. The first kappa shape index (κ1) is 18.6. The summed E-state index contributed by atoms with van der Waals surface area (Å²) >= 11 is 0. The van der Waals surface area contributed by atoms with Crippen molar-refractivity contribution >= 4 is 11.5 Å². The second kappa shape index (κ2) is 7.79. The summed E-state index contributed by atoms with van der Waals surface area (Å²) in [6, 6.07) is 8.32. The molecule has 5 rings (SSSR count). The van der Waals surface area contributed by atoms with Gasteiger partial charge >= 0.3 is 0 Å². The van der Waals surface area contributed by atoms with E-state index in [4.69, 9.17) is 4.74 Å². The molecule has 0 atom stereocenters. The number of fused-ring (bicyclic) bond motifs is 1. The van der Waals surface area contributed by atoms with Crippen molar-refractivity contribution < 1.29 is 4.74 Å². The molecule has 0 aliphatic carbocycles. The van der Waals surface area contributed by atoms with Crippen LogP contribution in [0, 0.1) is 0 Å². The van der Waals surface area contributed by atoms with Crippen LogP contribution in [0.4, 0.5) is 5.82 Å². The number of rotatable bonds is 5. The van der Waals surface area contributed by atoms with Gasteiger partial charge in [-0.1, -0.05) is 12.1 Å². The van der Waals surface area contributed by atoms with Crippen molar-refractivity contribution in [1.29, 1.82) is 0 Å². The minimum atomic E-state index is 0.889. The van der Waals surface area contributed by atoms with Gasteiger partial charge in [0.1, 0.15) is 5.75 Å². The molecule has 30 heavy (non-hydrogen) atoms. The van der Waals surface area contributed by atoms with Crippen molar-refractivity contribution in [1.82, 2.24) is 29.0 Å². The fraction of sp³-hybridized carbons (Fsp3) is 0.318. The summed E-state index contributed by atoms with van der Waals surface area (Å²) in [5.41, 5.74) is 4.27. The third kappa shape index (κ3) is 3.50. The topological polar surface area (TPSA) is 63.7 Å². The zero-order chi connectivity index (χ0) is 20.5. The number of anilines is 1. The predicted octanol–water partition coefficient (Wildman–Crippen LogP) is 2.46. The summed E-state index contributed by atoms with van der Waals surface area (Å²) in [6.07, 6.45) is 9.59. The van der Waals surface area contributed by atoms with Crippen molar-refractivity contribution in [2.75, 3.05) is 38.2 Å². The number of hydrogen-bond donors (Lipinski definition) is 0. The SMILES string of the molecule is COc1ccc(CN2CCN(c3nccn4c(-c5cnn(C)c5)cnc34)CC2)cc1. The summed E-state index contributed by atoms with van der Waals surface area (Å²) in [6.45, 7) is 4.79. The molecule has 0 N–H and O–H groups in total. The van der Waals surface area contributed by atoms with Gasteiger partial charge < -0.3 is 9.64 Å². The van der Waals surface area contributed by atoms with E-state index in [9.17, 15) is 0 Å². The number of nitrogens with zero attached hydrogens (tertiary/aromatic N) is 7. The van der Waals surface area contributed by atoms with Gasteiger partial charge in [0.25, 0.3) is 0 Å². The molecule has 1 saturated heterocycles. The number of benzene rings is 1. The van der Waals surface area contributed by atoms with E-state index in [-0.39, 0.29) is 0 Å². The first-order valence-corrected chi connectivity index (χ1v) is 10.1. The molecule has 1 fully saturated rings. The van der Waals surface area contributed by atoms with Crippen molar-refractivity contribution in [3.05, 3.63) is 60.8 Å². The molecule has 1 aliphatic rings. The monoisotopic (exact) mass is 403 g/mol. The highest BCUT2D eigenvalue weighted by Gasteiger charge is 2.21. The molecule has 1 aromatic carbocycles. The van der Waals surface area contributed by atoms with E-state index in [1.165, 1.54) is 5.56 Å². The van der Waals surface area contributed by atoms with E-state index in [2.05, 4.69) is 41.4 Å². The van der Waals surface area contributed by atoms with Gasteiger partial charge in [0, 0.05) is 63.9 Å². The van der Waals surface area contributed by atoms with Crippen LogP contribution in [0.1, 0.15) is 5.56 Å². The van der Waals surface area contributed by atoms with E-state index in [0.29, 0.717) is 0 Å². The van der Waals surface area contributed by atoms with Crippen LogP contribution in [0.3, 0.4) is 0 Å². The zero-order valence-electron chi connectivity index (χ0n) is 17.3. The molecule has 3 aromatic heterocycles. The van der Waals surface area contributed by atoms with Gasteiger partial charge in [-0.25, -0.2) is 9.97 Å². The minimum absolute atomic E-state index is 0.889. The Hall–Kier alpha value is -3.39. The highest BCUT2D eigenvalue weighted by molar-refractivity contribution is 5.70. The molecule has 154 valence electrons. The van der Waals surface area contributed by atoms with Crippen LogP contribution >= 0.6 is 0 Å². The van der Waals surface area contributed by atoms with Gasteiger partial charge in [-0.15, -0.1) is 0 Å². The van der Waals surface area contributed by atoms with E-state index in [0.717, 1.165) is 61.2 Å². The second-order valence-corrected chi connectivity index (χ2v) is 7.60. The van der Waals surface area contributed by atoms with E-state index in [1.54, 1.807) is 11.8 Å². The Morgan fingerprint density at radius 1 is 1.00 bits per heavy atom. The van der Waals surface area contributed by atoms with Crippen LogP contribution in [0.25, 0.3) is 16.9 Å². The molecule has 0 saturated carbocycles. The Morgan fingerprint density at radius 2 is 1.80 bits per heavy atom. The number of ether oxygens (including phenoxy) is 1. The number of aryl methyl sites for hydroxylation is 1. The lowest BCUT2D eigenvalue weighted by atomic mass is 10.2. The largest absolute Gasteiger partial charge is 0.497 e. The average molecular weight is 403 g/mol. The fourth-order valence-electron chi connectivity index (χ4n) is 4.00. The Kier molecular flexibility index (Phi) is 4.84. The van der Waals surface area contributed by atoms with Crippen molar-refractivity contribution in [2.45, 2.75) is 6.54 Å². The smallest absolute Gasteiger partial charge is 0.180 e. The Balaban J connectivity index is 1.30. The number of methoxy groups -OCH3 is 1. The van der Waals surface area contributed by atoms with Gasteiger partial charge in [0.2, 0.25) is 0 Å². The lowest BCUT2D eigenvalue weighted by Crippen LogP contribution is -2.46. The average Bonchev–Trinajstić information content (AvgIpc) is 3.41. The van der Waals surface area contributed by atoms with Crippen LogP contribution in [0.2, 0.25) is 0 Å². The second-order valence-electron chi connectivity index (χ2n) is 7.60. The van der Waals surface area contributed by atoms with Gasteiger partial charge in [-0.2, -0.15) is 5.10 Å². The highest BCUT2D eigenvalue weighted by atomic mass is 16.5. The van der Waals surface area contributed by atoms with Crippen molar-refractivity contribution in [3.8, 4) is 17.0 Å². The summed E-state index contributed by atoms with van der Waals surface area (Å²) in [5, 5.41) is 4.28. The number of imidazole rings is 1. The molecule has 0 spiro atoms. The predicted molar refractivity (Wildman–Crippen MR) is 116 cm³/mol. The van der Waals surface area contributed by atoms with Crippen LogP contribution in [0.5, 0.6) is 5.75 Å². The van der Waals surface area contributed by atoms with Crippen LogP contribution < -0.4 is 9.64 Å². The molecule has 8 heteroatoms. The van der Waals surface area contributed by atoms with E-state index in [1.807, 2.05) is 50.2 Å². The van der Waals surface area contributed by atoms with Gasteiger partial charge in [0.05, 0.1) is 25.2 Å². The third-order valence-corrected chi connectivity index (χ3v) is 5.65. The standard InChI is InChI=1S/C22H25N7O/c1-26-16-18(13-25-26)20-14-24-22-21(23-7-8-29(20)22)28-11-9-27(10-12-28)15-17-3-5-19(30-2)6-4-17/h3-8,13-14,16H,9-12,15H2,1-2H3.